The first-order chi connectivity index (χ1) is 8.15. The second-order valence-corrected chi connectivity index (χ2v) is 4.90. The van der Waals surface area contributed by atoms with Gasteiger partial charge in [-0.2, -0.15) is 5.10 Å². The molecule has 3 nitrogen and oxygen atoms in total. The van der Waals surface area contributed by atoms with Crippen LogP contribution in [0.5, 0.6) is 0 Å². The number of aryl methyl sites for hydroxylation is 1. The fourth-order valence-corrected chi connectivity index (χ4v) is 1.77. The molecule has 0 saturated heterocycles. The van der Waals surface area contributed by atoms with E-state index in [2.05, 4.69) is 27.7 Å². The Morgan fingerprint density at radius 1 is 1.35 bits per heavy atom. The highest BCUT2D eigenvalue weighted by Gasteiger charge is 2.01. The van der Waals surface area contributed by atoms with Crippen molar-refractivity contribution in [3.63, 3.8) is 0 Å². The standard InChI is InChI=1S/C13H11IN2O/c1-16-9-10(8-15-16)2-7-13(17)11-3-5-12(14)6-4-11/h2-9H,1H3. The predicted octanol–water partition coefficient (Wildman–Crippen LogP) is 2.92. The molecule has 1 aromatic heterocycles. The van der Waals surface area contributed by atoms with E-state index in [0.29, 0.717) is 5.56 Å². The monoisotopic (exact) mass is 338 g/mol. The SMILES string of the molecule is Cn1cc(C=CC(=O)c2ccc(I)cc2)cn1. The first kappa shape index (κ1) is 12.0. The van der Waals surface area contributed by atoms with Gasteiger partial charge in [0.1, 0.15) is 0 Å². The summed E-state index contributed by atoms with van der Waals surface area (Å²) in [5.74, 6) is 0.00486. The van der Waals surface area contributed by atoms with Crippen molar-refractivity contribution in [2.75, 3.05) is 0 Å². The van der Waals surface area contributed by atoms with Gasteiger partial charge >= 0.3 is 0 Å². The molecule has 0 unspecified atom stereocenters. The maximum Gasteiger partial charge on any atom is 0.185 e. The Morgan fingerprint density at radius 2 is 2.06 bits per heavy atom. The molecular formula is C13H11IN2O. The second-order valence-electron chi connectivity index (χ2n) is 3.65. The van der Waals surface area contributed by atoms with Crippen molar-refractivity contribution >= 4 is 34.5 Å². The molecule has 17 heavy (non-hydrogen) atoms. The fraction of sp³-hybridized carbons (Fsp3) is 0.0769. The number of hydrogen-bond donors (Lipinski definition) is 0. The first-order valence-electron chi connectivity index (χ1n) is 5.12. The van der Waals surface area contributed by atoms with Crippen LogP contribution < -0.4 is 0 Å². The van der Waals surface area contributed by atoms with Gasteiger partial charge in [-0.05, 0) is 46.9 Å². The van der Waals surface area contributed by atoms with E-state index in [1.54, 1.807) is 23.0 Å². The number of aromatic nitrogens is 2. The van der Waals surface area contributed by atoms with Crippen molar-refractivity contribution in [2.24, 2.45) is 7.05 Å². The third-order valence-corrected chi connectivity index (χ3v) is 3.00. The van der Waals surface area contributed by atoms with Crippen LogP contribution in [0, 0.1) is 3.57 Å². The highest BCUT2D eigenvalue weighted by molar-refractivity contribution is 14.1. The third-order valence-electron chi connectivity index (χ3n) is 2.28. The molecule has 1 aromatic carbocycles. The van der Waals surface area contributed by atoms with E-state index < -0.39 is 0 Å². The minimum absolute atomic E-state index is 0.00486. The van der Waals surface area contributed by atoms with Crippen LogP contribution in [-0.2, 0) is 7.05 Å². The van der Waals surface area contributed by atoms with Crippen molar-refractivity contribution in [3.8, 4) is 0 Å². The van der Waals surface area contributed by atoms with Crippen molar-refractivity contribution < 1.29 is 4.79 Å². The summed E-state index contributed by atoms with van der Waals surface area (Å²) in [4.78, 5) is 11.8. The maximum atomic E-state index is 11.8. The average Bonchev–Trinajstić information content (AvgIpc) is 2.73. The molecule has 0 spiro atoms. The van der Waals surface area contributed by atoms with E-state index in [9.17, 15) is 4.79 Å². The Kier molecular flexibility index (Phi) is 3.73. The topological polar surface area (TPSA) is 34.9 Å². The van der Waals surface area contributed by atoms with Crippen LogP contribution >= 0.6 is 22.6 Å². The zero-order valence-electron chi connectivity index (χ0n) is 9.30. The zero-order valence-corrected chi connectivity index (χ0v) is 11.5. The molecule has 86 valence electrons. The molecule has 0 aliphatic carbocycles. The lowest BCUT2D eigenvalue weighted by molar-refractivity contribution is 0.104. The Morgan fingerprint density at radius 3 is 2.65 bits per heavy atom. The lowest BCUT2D eigenvalue weighted by Crippen LogP contribution is -1.93. The van der Waals surface area contributed by atoms with Gasteiger partial charge in [-0.25, -0.2) is 0 Å². The van der Waals surface area contributed by atoms with Crippen molar-refractivity contribution in [1.29, 1.82) is 0 Å². The lowest BCUT2D eigenvalue weighted by Gasteiger charge is -1.95. The molecule has 2 rings (SSSR count). The number of hydrogen-bond acceptors (Lipinski definition) is 2. The highest BCUT2D eigenvalue weighted by Crippen LogP contribution is 2.09. The second kappa shape index (κ2) is 5.27. The smallest absolute Gasteiger partial charge is 0.185 e. The normalized spacial score (nSPS) is 10.9. The van der Waals surface area contributed by atoms with E-state index >= 15 is 0 Å². The Hall–Kier alpha value is -1.43. The molecule has 1 heterocycles. The van der Waals surface area contributed by atoms with Crippen LogP contribution in [0.15, 0.2) is 42.7 Å². The average molecular weight is 338 g/mol. The molecule has 4 heteroatoms. The number of halogens is 1. The number of ketones is 1. The number of nitrogens with zero attached hydrogens (tertiary/aromatic N) is 2. The Labute approximate surface area is 113 Å². The van der Waals surface area contributed by atoms with Crippen LogP contribution in [-0.4, -0.2) is 15.6 Å². The van der Waals surface area contributed by atoms with Gasteiger partial charge in [-0.15, -0.1) is 0 Å². The summed E-state index contributed by atoms with van der Waals surface area (Å²) in [5.41, 5.74) is 1.62. The summed E-state index contributed by atoms with van der Waals surface area (Å²) in [5, 5.41) is 4.03. The molecule has 0 atom stereocenters. The van der Waals surface area contributed by atoms with Crippen molar-refractivity contribution in [2.45, 2.75) is 0 Å². The molecule has 0 amide bonds. The van der Waals surface area contributed by atoms with Gasteiger partial charge in [-0.1, -0.05) is 12.1 Å². The summed E-state index contributed by atoms with van der Waals surface area (Å²) >= 11 is 2.21. The van der Waals surface area contributed by atoms with Crippen molar-refractivity contribution in [1.82, 2.24) is 9.78 Å². The molecule has 0 fully saturated rings. The van der Waals surface area contributed by atoms with Crippen LogP contribution in [0.1, 0.15) is 15.9 Å². The minimum Gasteiger partial charge on any atom is -0.289 e. The number of carbonyl (C=O) groups is 1. The molecule has 0 N–H and O–H groups in total. The quantitative estimate of drug-likeness (QED) is 0.490. The predicted molar refractivity (Wildman–Crippen MR) is 75.7 cm³/mol. The maximum absolute atomic E-state index is 11.8. The van der Waals surface area contributed by atoms with Gasteiger partial charge < -0.3 is 0 Å². The van der Waals surface area contributed by atoms with E-state index in [-0.39, 0.29) is 5.78 Å². The van der Waals surface area contributed by atoms with Gasteiger partial charge in [0, 0.05) is 27.9 Å². The van der Waals surface area contributed by atoms with Crippen molar-refractivity contribution in [3.05, 3.63) is 57.4 Å². The van der Waals surface area contributed by atoms with Crippen LogP contribution in [0.4, 0.5) is 0 Å². The molecular weight excluding hydrogens is 327 g/mol. The Balaban J connectivity index is 2.11. The summed E-state index contributed by atoms with van der Waals surface area (Å²) in [6, 6.07) is 7.51. The minimum atomic E-state index is 0.00486. The van der Waals surface area contributed by atoms with Gasteiger partial charge in [-0.3, -0.25) is 9.48 Å². The number of rotatable bonds is 3. The Bertz CT molecular complexity index is 555. The van der Waals surface area contributed by atoms with Gasteiger partial charge in [0.05, 0.1) is 6.20 Å². The van der Waals surface area contributed by atoms with E-state index in [4.69, 9.17) is 0 Å². The van der Waals surface area contributed by atoms with Gasteiger partial charge in [0.2, 0.25) is 0 Å². The molecule has 0 aliphatic heterocycles. The molecule has 0 bridgehead atoms. The van der Waals surface area contributed by atoms with E-state index in [1.165, 1.54) is 0 Å². The number of allylic oxidation sites excluding steroid dienone is 1. The molecule has 0 aliphatic rings. The zero-order chi connectivity index (χ0) is 12.3. The lowest BCUT2D eigenvalue weighted by atomic mass is 10.1. The largest absolute Gasteiger partial charge is 0.289 e. The molecule has 2 aromatic rings. The van der Waals surface area contributed by atoms with Crippen LogP contribution in [0.2, 0.25) is 0 Å². The summed E-state index contributed by atoms with van der Waals surface area (Å²) < 4.78 is 2.82. The molecule has 0 saturated carbocycles. The third kappa shape index (κ3) is 3.26. The number of carbonyl (C=O) groups excluding carboxylic acids is 1. The highest BCUT2D eigenvalue weighted by atomic mass is 127. The van der Waals surface area contributed by atoms with Crippen LogP contribution in [0.25, 0.3) is 6.08 Å². The van der Waals surface area contributed by atoms with Gasteiger partial charge in [0.15, 0.2) is 5.78 Å². The van der Waals surface area contributed by atoms with Gasteiger partial charge in [0.25, 0.3) is 0 Å². The number of benzene rings is 1. The summed E-state index contributed by atoms with van der Waals surface area (Å²) in [7, 11) is 1.85. The molecule has 0 radical (unpaired) electrons. The van der Waals surface area contributed by atoms with E-state index in [1.807, 2.05) is 37.5 Å². The fourth-order valence-electron chi connectivity index (χ4n) is 1.41. The summed E-state index contributed by atoms with van der Waals surface area (Å²) in [6.45, 7) is 0. The van der Waals surface area contributed by atoms with E-state index in [0.717, 1.165) is 9.13 Å². The van der Waals surface area contributed by atoms with Crippen LogP contribution in [0.3, 0.4) is 0 Å². The first-order valence-corrected chi connectivity index (χ1v) is 6.19. The summed E-state index contributed by atoms with van der Waals surface area (Å²) in [6.07, 6.45) is 6.92.